The molecule has 0 spiro atoms. The molecule has 3 fully saturated rings. The lowest BCUT2D eigenvalue weighted by Gasteiger charge is -2.43. The number of H-pyrrole nitrogens is 1. The highest BCUT2D eigenvalue weighted by Gasteiger charge is 2.69. The van der Waals surface area contributed by atoms with Crippen LogP contribution in [0.5, 0.6) is 0 Å². The molecule has 7 rings (SSSR count). The van der Waals surface area contributed by atoms with E-state index in [1.165, 1.54) is 16.2 Å². The van der Waals surface area contributed by atoms with Gasteiger partial charge < -0.3 is 9.72 Å². The molecule has 38 heavy (non-hydrogen) atoms. The number of aromatic nitrogens is 1. The highest BCUT2D eigenvalue weighted by molar-refractivity contribution is 8.00. The third kappa shape index (κ3) is 3.41. The minimum atomic E-state index is -0.437. The summed E-state index contributed by atoms with van der Waals surface area (Å²) in [6.07, 6.45) is 0.827. The van der Waals surface area contributed by atoms with Crippen molar-refractivity contribution in [2.24, 2.45) is 29.6 Å². The van der Waals surface area contributed by atoms with E-state index < -0.39 is 5.97 Å². The topological polar surface area (TPSA) is 96.5 Å². The van der Waals surface area contributed by atoms with E-state index >= 15 is 0 Å². The fourth-order valence-electron chi connectivity index (χ4n) is 7.28. The second kappa shape index (κ2) is 8.83. The molecule has 3 heterocycles. The molecule has 0 radical (unpaired) electrons. The standard InChI is InChI=1S/C28H23ClN2O5S2/c1-2-36-27(34)13-5-9-15(10-6-13)31-25(32)20-16-11-17(21(20)26(31)33)22-19(16)18(12-3-7-14(29)8-4-12)23-24(37-22)30-28(35)38-23/h3-10,16-22H,2,11H2,1H3,(H,30,35). The van der Waals surface area contributed by atoms with Gasteiger partial charge in [0.25, 0.3) is 0 Å². The number of anilines is 1. The number of ether oxygens (including phenoxy) is 1. The van der Waals surface area contributed by atoms with Gasteiger partial charge in [-0.2, -0.15) is 0 Å². The lowest BCUT2D eigenvalue weighted by atomic mass is 9.68. The molecule has 1 N–H and O–H groups in total. The predicted molar refractivity (Wildman–Crippen MR) is 145 cm³/mol. The molecule has 3 aromatic rings. The summed E-state index contributed by atoms with van der Waals surface area (Å²) in [6, 6.07) is 14.2. The highest BCUT2D eigenvalue weighted by Crippen LogP contribution is 2.68. The molecule has 7 atom stereocenters. The Hall–Kier alpha value is -2.88. The van der Waals surface area contributed by atoms with Crippen LogP contribution >= 0.6 is 34.7 Å². The first kappa shape index (κ1) is 24.2. The van der Waals surface area contributed by atoms with Crippen molar-refractivity contribution in [3.05, 3.63) is 79.2 Å². The molecule has 2 amide bonds. The maximum Gasteiger partial charge on any atom is 0.338 e. The van der Waals surface area contributed by atoms with Crippen molar-refractivity contribution < 1.29 is 19.1 Å². The summed E-state index contributed by atoms with van der Waals surface area (Å²) in [5, 5.41) is 1.66. The van der Waals surface area contributed by atoms with Gasteiger partial charge >= 0.3 is 10.8 Å². The van der Waals surface area contributed by atoms with Crippen LogP contribution in [0.2, 0.25) is 5.02 Å². The molecule has 1 saturated heterocycles. The third-order valence-electron chi connectivity index (χ3n) is 8.59. The van der Waals surface area contributed by atoms with Gasteiger partial charge in [0.05, 0.1) is 34.7 Å². The molecule has 2 aliphatic carbocycles. The summed E-state index contributed by atoms with van der Waals surface area (Å²) in [7, 11) is 0. The van der Waals surface area contributed by atoms with E-state index in [9.17, 15) is 19.2 Å². The molecule has 2 aromatic carbocycles. The molecule has 2 aliphatic heterocycles. The zero-order valence-electron chi connectivity index (χ0n) is 20.3. The van der Waals surface area contributed by atoms with Gasteiger partial charge in [0, 0.05) is 21.1 Å². The number of carbonyl (C=O) groups is 3. The smallest absolute Gasteiger partial charge is 0.338 e. The minimum Gasteiger partial charge on any atom is -0.462 e. The summed E-state index contributed by atoms with van der Waals surface area (Å²) >= 11 is 9.09. The highest BCUT2D eigenvalue weighted by atomic mass is 35.5. The van der Waals surface area contributed by atoms with Gasteiger partial charge in [-0.3, -0.25) is 19.3 Å². The second-order valence-corrected chi connectivity index (χ2v) is 12.9. The van der Waals surface area contributed by atoms with Gasteiger partial charge in [0.2, 0.25) is 11.8 Å². The third-order valence-corrected chi connectivity index (χ3v) is 11.4. The summed E-state index contributed by atoms with van der Waals surface area (Å²) in [6.45, 7) is 2.01. The van der Waals surface area contributed by atoms with Crippen molar-refractivity contribution in [1.29, 1.82) is 0 Å². The molecule has 4 aliphatic rings. The number of benzene rings is 2. The molecule has 2 saturated carbocycles. The fraction of sp³-hybridized carbons (Fsp3) is 0.357. The van der Waals surface area contributed by atoms with E-state index in [1.807, 2.05) is 24.3 Å². The Morgan fingerprint density at radius 1 is 1.03 bits per heavy atom. The van der Waals surface area contributed by atoms with Gasteiger partial charge in [0.1, 0.15) is 0 Å². The van der Waals surface area contributed by atoms with Crippen LogP contribution in [0.15, 0.2) is 58.4 Å². The van der Waals surface area contributed by atoms with Gasteiger partial charge in [-0.15, -0.1) is 11.8 Å². The number of nitrogens with zero attached hydrogens (tertiary/aromatic N) is 1. The fourth-order valence-corrected chi connectivity index (χ4v) is 10.3. The van der Waals surface area contributed by atoms with Gasteiger partial charge in [0.15, 0.2) is 0 Å². The van der Waals surface area contributed by atoms with Gasteiger partial charge in [-0.25, -0.2) is 4.79 Å². The summed E-state index contributed by atoms with van der Waals surface area (Å²) < 4.78 is 5.05. The lowest BCUT2D eigenvalue weighted by molar-refractivity contribution is -0.123. The number of nitrogens with one attached hydrogen (secondary N) is 1. The zero-order valence-corrected chi connectivity index (χ0v) is 22.6. The maximum atomic E-state index is 13.9. The molecule has 7 unspecified atom stereocenters. The van der Waals surface area contributed by atoms with Crippen LogP contribution in [-0.4, -0.2) is 34.6 Å². The quantitative estimate of drug-likeness (QED) is 0.355. The van der Waals surface area contributed by atoms with Crippen molar-refractivity contribution in [2.45, 2.75) is 29.5 Å². The minimum absolute atomic E-state index is 0.0331. The number of fused-ring (bicyclic) bond motifs is 9. The molecular weight excluding hydrogens is 544 g/mol. The van der Waals surface area contributed by atoms with Crippen LogP contribution in [-0.2, 0) is 14.3 Å². The van der Waals surface area contributed by atoms with Crippen molar-refractivity contribution in [2.75, 3.05) is 11.5 Å². The van der Waals surface area contributed by atoms with E-state index in [1.54, 1.807) is 43.0 Å². The normalized spacial score (nSPS) is 30.8. The monoisotopic (exact) mass is 566 g/mol. The van der Waals surface area contributed by atoms with Crippen molar-refractivity contribution in [3.63, 3.8) is 0 Å². The number of esters is 1. The molecular formula is C28H23ClN2O5S2. The molecule has 1 aromatic heterocycles. The number of imide groups is 1. The van der Waals surface area contributed by atoms with E-state index in [0.717, 1.165) is 21.9 Å². The first-order chi connectivity index (χ1) is 18.4. The lowest BCUT2D eigenvalue weighted by Crippen LogP contribution is -2.42. The number of halogens is 1. The Morgan fingerprint density at radius 3 is 2.39 bits per heavy atom. The molecule has 2 bridgehead atoms. The summed E-state index contributed by atoms with van der Waals surface area (Å²) in [5.74, 6) is -1.34. The number of hydrogen-bond acceptors (Lipinski definition) is 7. The number of thioether (sulfide) groups is 1. The maximum absolute atomic E-state index is 13.9. The molecule has 194 valence electrons. The molecule has 7 nitrogen and oxygen atoms in total. The first-order valence-electron chi connectivity index (χ1n) is 12.7. The van der Waals surface area contributed by atoms with Crippen molar-refractivity contribution >= 4 is 58.2 Å². The number of amides is 2. The van der Waals surface area contributed by atoms with Crippen LogP contribution in [0.25, 0.3) is 0 Å². The van der Waals surface area contributed by atoms with E-state index in [0.29, 0.717) is 16.3 Å². The predicted octanol–water partition coefficient (Wildman–Crippen LogP) is 4.94. The van der Waals surface area contributed by atoms with Crippen LogP contribution in [0.1, 0.15) is 40.1 Å². The Labute approximate surface area is 231 Å². The van der Waals surface area contributed by atoms with Crippen molar-refractivity contribution in [3.8, 4) is 0 Å². The van der Waals surface area contributed by atoms with Crippen LogP contribution < -0.4 is 9.77 Å². The summed E-state index contributed by atoms with van der Waals surface area (Å²) in [5.41, 5.74) is 1.94. The van der Waals surface area contributed by atoms with E-state index in [4.69, 9.17) is 16.3 Å². The van der Waals surface area contributed by atoms with E-state index in [2.05, 4.69) is 4.98 Å². The zero-order chi connectivity index (χ0) is 26.3. The average molecular weight is 567 g/mol. The molecule has 10 heteroatoms. The van der Waals surface area contributed by atoms with Gasteiger partial charge in [-0.05, 0) is 73.1 Å². The van der Waals surface area contributed by atoms with Crippen LogP contribution in [0.4, 0.5) is 5.69 Å². The SMILES string of the molecule is CCOC(=O)c1ccc(N2C(=O)C3C4CC(C3C2=O)C2C(c3ccc(Cl)cc3)c3sc(=O)[nH]c3SC42)cc1. The number of thiazole rings is 1. The first-order valence-corrected chi connectivity index (χ1v) is 14.7. The number of hydrogen-bond donors (Lipinski definition) is 1. The average Bonchev–Trinajstić information content (AvgIpc) is 3.64. The Bertz CT molecular complexity index is 1530. The van der Waals surface area contributed by atoms with E-state index in [-0.39, 0.29) is 64.1 Å². The Morgan fingerprint density at radius 2 is 1.71 bits per heavy atom. The van der Waals surface area contributed by atoms with Crippen LogP contribution in [0, 0.1) is 29.6 Å². The van der Waals surface area contributed by atoms with Crippen molar-refractivity contribution in [1.82, 2.24) is 4.98 Å². The largest absolute Gasteiger partial charge is 0.462 e. The number of aromatic amines is 1. The van der Waals surface area contributed by atoms with Gasteiger partial charge in [-0.1, -0.05) is 35.1 Å². The van der Waals surface area contributed by atoms with Crippen LogP contribution in [0.3, 0.4) is 0 Å². The Kier molecular flexibility index (Phi) is 5.62. The second-order valence-electron chi connectivity index (χ2n) is 10.3. The Balaban J connectivity index is 1.25. The number of rotatable bonds is 4. The summed E-state index contributed by atoms with van der Waals surface area (Å²) in [4.78, 5) is 57.3. The number of carbonyl (C=O) groups excluding carboxylic acids is 3.